The summed E-state index contributed by atoms with van der Waals surface area (Å²) >= 11 is 3.09. The van der Waals surface area contributed by atoms with E-state index in [1.807, 2.05) is 0 Å². The largest absolute Gasteiger partial charge is 0.106 e. The minimum absolute atomic E-state index is 0.639. The topological polar surface area (TPSA) is 0 Å². The average molecular weight is 280 g/mol. The molecule has 1 rings (SSSR count). The second-order valence-electron chi connectivity index (χ2n) is 0.586. The van der Waals surface area contributed by atoms with Gasteiger partial charge in [0.05, 0.1) is 1.93 Å². The van der Waals surface area contributed by atoms with Gasteiger partial charge in [0, 0.05) is 0 Å². The van der Waals surface area contributed by atoms with Gasteiger partial charge in [0.25, 0.3) is 0 Å². The molecule has 0 fully saturated rings. The molecule has 0 unspecified atom stereocenters. The molecule has 1 atom stereocenters. The van der Waals surface area contributed by atoms with Crippen LogP contribution >= 0.6 is 43.3 Å². The van der Waals surface area contributed by atoms with Crippen LogP contribution in [0.15, 0.2) is 0 Å². The quantitative estimate of drug-likeness (QED) is 0.466. The van der Waals surface area contributed by atoms with Crippen molar-refractivity contribution in [3.63, 3.8) is 0 Å². The minimum Gasteiger partial charge on any atom is -0.106 e. The molecule has 0 saturated heterocycles. The van der Waals surface area contributed by atoms with Gasteiger partial charge in [-0.2, -0.15) is 0 Å². The SMILES string of the molecule is I[C@@H]1C=I1. The van der Waals surface area contributed by atoms with Gasteiger partial charge in [0.1, 0.15) is 0 Å². The summed E-state index contributed by atoms with van der Waals surface area (Å²) in [6, 6.07) is 0. The molecule has 0 aromatic rings. The second-order valence-corrected chi connectivity index (χ2v) is 7.09. The van der Waals surface area contributed by atoms with Crippen molar-refractivity contribution in [3.8, 4) is 0 Å². The first-order chi connectivity index (χ1) is 1.89. The van der Waals surface area contributed by atoms with Crippen LogP contribution in [0.1, 0.15) is 0 Å². The van der Waals surface area contributed by atoms with Crippen molar-refractivity contribution in [3.05, 3.63) is 0 Å². The van der Waals surface area contributed by atoms with Crippen molar-refractivity contribution >= 4 is 47.3 Å². The third-order valence-corrected chi connectivity index (χ3v) is 5.13. The molecule has 0 aromatic carbocycles. The Balaban J connectivity index is 2.32. The first-order valence-electron chi connectivity index (χ1n) is 0.988. The molecule has 0 amide bonds. The summed E-state index contributed by atoms with van der Waals surface area (Å²) in [5.41, 5.74) is 0. The van der Waals surface area contributed by atoms with E-state index in [-0.39, 0.29) is 0 Å². The lowest BCUT2D eigenvalue weighted by Crippen LogP contribution is -1.52. The van der Waals surface area contributed by atoms with Crippen LogP contribution in [0.5, 0.6) is 0 Å². The molecule has 1 aliphatic heterocycles. The highest BCUT2D eigenvalue weighted by atomic mass is 127. The van der Waals surface area contributed by atoms with Gasteiger partial charge in [-0.05, 0) is 4.01 Å². The highest BCUT2D eigenvalue weighted by Crippen LogP contribution is 2.28. The van der Waals surface area contributed by atoms with E-state index < -0.39 is 0 Å². The normalized spacial score (nSPS) is 37.8. The molecule has 0 bridgehead atoms. The molecule has 4 heavy (non-hydrogen) atoms. The predicted octanol–water partition coefficient (Wildman–Crippen LogP) is 1.53. The lowest BCUT2D eigenvalue weighted by molar-refractivity contribution is 2.24. The van der Waals surface area contributed by atoms with Gasteiger partial charge in [-0.15, -0.1) is 20.7 Å². The van der Waals surface area contributed by atoms with Crippen LogP contribution in [0.25, 0.3) is 0 Å². The fraction of sp³-hybridized carbons (Fsp3) is 0.500. The Morgan fingerprint density at radius 2 is 2.25 bits per heavy atom. The zero-order valence-electron chi connectivity index (χ0n) is 1.91. The molecule has 0 spiro atoms. The van der Waals surface area contributed by atoms with E-state index in [9.17, 15) is 0 Å². The van der Waals surface area contributed by atoms with Crippen molar-refractivity contribution in [1.82, 2.24) is 0 Å². The second kappa shape index (κ2) is 1.20. The Kier molecular flexibility index (Phi) is 1.05. The van der Waals surface area contributed by atoms with Gasteiger partial charge in [0.2, 0.25) is 0 Å². The number of rotatable bonds is 0. The van der Waals surface area contributed by atoms with E-state index in [1.54, 1.807) is 0 Å². The minimum atomic E-state index is 0.639. The Morgan fingerprint density at radius 3 is 2.25 bits per heavy atom. The van der Waals surface area contributed by atoms with Crippen molar-refractivity contribution in [2.24, 2.45) is 0 Å². The molecule has 0 N–H and O–H groups in total. The molecule has 0 radical (unpaired) electrons. The van der Waals surface area contributed by atoms with Crippen LogP contribution in [0.2, 0.25) is 0 Å². The molecule has 1 heterocycles. The highest BCUT2D eigenvalue weighted by molar-refractivity contribution is 14.2. The maximum atomic E-state index is 2.45. The molecule has 0 nitrogen and oxygen atoms in total. The highest BCUT2D eigenvalue weighted by Gasteiger charge is 2.02. The van der Waals surface area contributed by atoms with Crippen molar-refractivity contribution < 1.29 is 0 Å². The molecule has 0 aliphatic carbocycles. The van der Waals surface area contributed by atoms with Gasteiger partial charge >= 0.3 is 0 Å². The van der Waals surface area contributed by atoms with Gasteiger partial charge < -0.3 is 0 Å². The summed E-state index contributed by atoms with van der Waals surface area (Å²) in [5, 5.41) is 0. The van der Waals surface area contributed by atoms with Gasteiger partial charge in [0.15, 0.2) is 0 Å². The summed E-state index contributed by atoms with van der Waals surface area (Å²) in [6.45, 7) is 0. The van der Waals surface area contributed by atoms with Gasteiger partial charge in [-0.25, -0.2) is 0 Å². The van der Waals surface area contributed by atoms with Crippen molar-refractivity contribution in [1.29, 1.82) is 0 Å². The van der Waals surface area contributed by atoms with Crippen molar-refractivity contribution in [2.45, 2.75) is 1.93 Å². The molecule has 24 valence electrons. The van der Waals surface area contributed by atoms with E-state index in [1.165, 1.54) is 0 Å². The summed E-state index contributed by atoms with van der Waals surface area (Å²) in [4.78, 5) is 0. The number of hydrogen-bond acceptors (Lipinski definition) is 0. The molecule has 2 heteroatoms. The Bertz CT molecular complexity index is 42.0. The number of halogens is 2. The predicted molar refractivity (Wildman–Crippen MR) is 37.9 cm³/mol. The third kappa shape index (κ3) is 0.964. The van der Waals surface area contributed by atoms with E-state index >= 15 is 0 Å². The van der Waals surface area contributed by atoms with E-state index in [0.29, 0.717) is 20.7 Å². The summed E-state index contributed by atoms with van der Waals surface area (Å²) in [6.07, 6.45) is 0. The first kappa shape index (κ1) is 3.52. The smallest absolute Gasteiger partial charge is 0.0808 e. The van der Waals surface area contributed by atoms with Crippen LogP contribution in [0.4, 0.5) is 0 Å². The van der Waals surface area contributed by atoms with E-state index in [4.69, 9.17) is 0 Å². The number of hydrogen-bond donors (Lipinski definition) is 0. The number of alkyl halides is 2. The fourth-order valence-corrected chi connectivity index (χ4v) is 1.24. The van der Waals surface area contributed by atoms with E-state index in [2.05, 4.69) is 26.6 Å². The lowest BCUT2D eigenvalue weighted by atomic mass is 11.0. The first-order valence-corrected chi connectivity index (χ1v) is 4.72. The Hall–Kier alpha value is 1.33. The zero-order valence-corrected chi connectivity index (χ0v) is 6.23. The maximum Gasteiger partial charge on any atom is 0.0808 e. The Morgan fingerprint density at radius 1 is 2.00 bits per heavy atom. The molecule has 0 saturated carbocycles. The van der Waals surface area contributed by atoms with Crippen LogP contribution in [-0.4, -0.2) is 5.94 Å². The monoisotopic (exact) mass is 280 g/mol. The molecular formula is C2H2I2. The zero-order chi connectivity index (χ0) is 2.99. The van der Waals surface area contributed by atoms with Crippen LogP contribution < -0.4 is 0 Å². The lowest BCUT2D eigenvalue weighted by Gasteiger charge is -1.53. The standard InChI is InChI=1S/C2H2I2/c3-2-1-4-2/h1-2H/t2-/m0/s1. The van der Waals surface area contributed by atoms with Crippen LogP contribution in [0.3, 0.4) is 0 Å². The summed E-state index contributed by atoms with van der Waals surface area (Å²) < 4.78 is 3.43. The Labute approximate surface area is 48.9 Å². The molecular weight excluding hydrogens is 278 g/mol. The van der Waals surface area contributed by atoms with E-state index in [0.717, 1.165) is 1.93 Å². The van der Waals surface area contributed by atoms with Gasteiger partial charge in [-0.3, -0.25) is 0 Å². The summed E-state index contributed by atoms with van der Waals surface area (Å²) in [5.74, 6) is 0. The summed E-state index contributed by atoms with van der Waals surface area (Å²) in [7, 11) is 0. The van der Waals surface area contributed by atoms with Crippen LogP contribution in [-0.2, 0) is 0 Å². The maximum absolute atomic E-state index is 2.45. The third-order valence-electron chi connectivity index (χ3n) is 0.221. The molecule has 1 aliphatic rings. The van der Waals surface area contributed by atoms with Crippen LogP contribution in [0, 0.1) is 0 Å². The van der Waals surface area contributed by atoms with Crippen molar-refractivity contribution in [2.75, 3.05) is 0 Å². The molecule has 0 aromatic heterocycles. The van der Waals surface area contributed by atoms with Gasteiger partial charge in [-0.1, -0.05) is 22.6 Å². The average Bonchev–Trinajstić information content (AvgIpc) is 1.75. The fourth-order valence-electron chi connectivity index (χ4n) is 0.0275.